The van der Waals surface area contributed by atoms with Crippen molar-refractivity contribution in [3.8, 4) is 55.9 Å². The molecule has 11 aromatic rings. The van der Waals surface area contributed by atoms with E-state index in [0.29, 0.717) is 0 Å². The van der Waals surface area contributed by atoms with Crippen LogP contribution < -0.4 is 0 Å². The Morgan fingerprint density at radius 2 is 0.737 bits per heavy atom. The van der Waals surface area contributed by atoms with E-state index < -0.39 is 0 Å². The van der Waals surface area contributed by atoms with E-state index in [2.05, 4.69) is 187 Å². The molecular weight excluding hydrogens is 689 g/mol. The maximum atomic E-state index is 4.52. The van der Waals surface area contributed by atoms with Crippen molar-refractivity contribution in [1.29, 1.82) is 0 Å². The molecule has 0 N–H and O–H groups in total. The summed E-state index contributed by atoms with van der Waals surface area (Å²) in [4.78, 5) is 0. The van der Waals surface area contributed by atoms with Gasteiger partial charge in [0.25, 0.3) is 0 Å². The molecule has 57 heavy (non-hydrogen) atoms. The summed E-state index contributed by atoms with van der Waals surface area (Å²) in [6.45, 7) is 2.23. The molecule has 1 heterocycles. The van der Waals surface area contributed by atoms with Gasteiger partial charge in [-0.2, -0.15) is 0 Å². The first-order chi connectivity index (χ1) is 28.1. The molecule has 2 heteroatoms. The van der Waals surface area contributed by atoms with Crippen LogP contribution in [0.1, 0.15) is 5.56 Å². The number of rotatable bonds is 5. The van der Waals surface area contributed by atoms with Crippen LogP contribution in [0.2, 0.25) is 0 Å². The molecule has 1 aromatic heterocycles. The molecule has 266 valence electrons. The molecule has 2 nitrogen and oxygen atoms in total. The smallest absolute Gasteiger partial charge is 0.0930 e. The highest BCUT2D eigenvalue weighted by molar-refractivity contribution is 6.21. The molecule has 10 aromatic carbocycles. The van der Waals surface area contributed by atoms with Crippen molar-refractivity contribution in [1.82, 2.24) is 10.2 Å². The Kier molecular flexibility index (Phi) is 7.75. The van der Waals surface area contributed by atoms with Crippen molar-refractivity contribution in [2.75, 3.05) is 0 Å². The van der Waals surface area contributed by atoms with Crippen molar-refractivity contribution in [3.05, 3.63) is 206 Å². The summed E-state index contributed by atoms with van der Waals surface area (Å²) < 4.78 is 0. The SMILES string of the molecule is Cc1cccc2ccc3cccc(-c4cccc5ccc6cc(-c7ccc8cc(-c9ccc(-c%10ccc(-c%11ccccc%11)nn%10)cc9)ccc8c7)ccc6c45)c3c12. The average Bonchev–Trinajstić information content (AvgIpc) is 3.28. The van der Waals surface area contributed by atoms with E-state index >= 15 is 0 Å². The molecule has 0 radical (unpaired) electrons. The van der Waals surface area contributed by atoms with Crippen LogP contribution in [0.4, 0.5) is 0 Å². The Morgan fingerprint density at radius 1 is 0.281 bits per heavy atom. The number of hydrogen-bond donors (Lipinski definition) is 0. The van der Waals surface area contributed by atoms with E-state index in [1.54, 1.807) is 0 Å². The zero-order valence-electron chi connectivity index (χ0n) is 31.4. The zero-order valence-corrected chi connectivity index (χ0v) is 31.4. The van der Waals surface area contributed by atoms with Gasteiger partial charge in [-0.3, -0.25) is 0 Å². The standard InChI is InChI=1S/C55H36N2/c1-35-8-5-11-39-20-21-41-13-7-15-50(55(41)53(35)39)49-14-6-12-40-22-27-47-34-46(28-29-48(47)54(40)49)45-26-25-43-32-42(23-24-44(43)33-45)36-16-18-38(19-17-36)52-31-30-51(56-57-52)37-9-3-2-4-10-37/h2-34H,1H3. The molecule has 0 saturated carbocycles. The van der Waals surface area contributed by atoms with Gasteiger partial charge in [-0.1, -0.05) is 170 Å². The number of benzene rings is 10. The van der Waals surface area contributed by atoms with Crippen molar-refractivity contribution in [2.45, 2.75) is 6.92 Å². The van der Waals surface area contributed by atoms with Gasteiger partial charge in [0.1, 0.15) is 0 Å². The van der Waals surface area contributed by atoms with Crippen LogP contribution in [-0.2, 0) is 0 Å². The normalized spacial score (nSPS) is 11.6. The summed E-state index contributed by atoms with van der Waals surface area (Å²) in [5.41, 5.74) is 12.5. The van der Waals surface area contributed by atoms with Crippen LogP contribution >= 0.6 is 0 Å². The first-order valence-corrected chi connectivity index (χ1v) is 19.6. The van der Waals surface area contributed by atoms with Gasteiger partial charge in [0.15, 0.2) is 0 Å². The lowest BCUT2D eigenvalue weighted by Crippen LogP contribution is -1.90. The Hall–Kier alpha value is -7.42. The molecule has 0 amide bonds. The summed E-state index contributed by atoms with van der Waals surface area (Å²) in [6, 6.07) is 72.5. The number of hydrogen-bond acceptors (Lipinski definition) is 2. The molecule has 0 bridgehead atoms. The third-order valence-corrected chi connectivity index (χ3v) is 11.7. The fourth-order valence-corrected chi connectivity index (χ4v) is 8.77. The van der Waals surface area contributed by atoms with E-state index in [1.165, 1.54) is 92.8 Å². The van der Waals surface area contributed by atoms with Crippen LogP contribution in [0.25, 0.3) is 110 Å². The summed E-state index contributed by atoms with van der Waals surface area (Å²) in [5, 5.41) is 21.7. The van der Waals surface area contributed by atoms with Gasteiger partial charge in [0, 0.05) is 11.1 Å². The third-order valence-electron chi connectivity index (χ3n) is 11.7. The summed E-state index contributed by atoms with van der Waals surface area (Å²) in [7, 11) is 0. The van der Waals surface area contributed by atoms with E-state index in [1.807, 2.05) is 30.3 Å². The van der Waals surface area contributed by atoms with E-state index in [4.69, 9.17) is 0 Å². The largest absolute Gasteiger partial charge is 0.150 e. The first-order valence-electron chi connectivity index (χ1n) is 19.6. The number of nitrogens with zero attached hydrogens (tertiary/aromatic N) is 2. The number of fused-ring (bicyclic) bond motifs is 7. The van der Waals surface area contributed by atoms with Crippen LogP contribution in [0.5, 0.6) is 0 Å². The highest BCUT2D eigenvalue weighted by Gasteiger charge is 2.15. The molecule has 0 aliphatic carbocycles. The highest BCUT2D eigenvalue weighted by atomic mass is 15.1. The zero-order chi connectivity index (χ0) is 37.9. The van der Waals surface area contributed by atoms with Gasteiger partial charge in [0.2, 0.25) is 0 Å². The minimum atomic E-state index is 0.864. The quantitative estimate of drug-likeness (QED) is 0.165. The Balaban J connectivity index is 0.918. The molecule has 0 aliphatic heterocycles. The molecule has 0 atom stereocenters. The van der Waals surface area contributed by atoms with E-state index in [9.17, 15) is 0 Å². The van der Waals surface area contributed by atoms with Crippen LogP contribution in [0.3, 0.4) is 0 Å². The van der Waals surface area contributed by atoms with Crippen LogP contribution in [0.15, 0.2) is 200 Å². The Bertz CT molecular complexity index is 3330. The first kappa shape index (κ1) is 33.0. The number of aromatic nitrogens is 2. The molecular formula is C55H36N2. The van der Waals surface area contributed by atoms with E-state index in [0.717, 1.165) is 22.5 Å². The second-order valence-electron chi connectivity index (χ2n) is 15.1. The van der Waals surface area contributed by atoms with Crippen molar-refractivity contribution >= 4 is 53.9 Å². The van der Waals surface area contributed by atoms with Gasteiger partial charge < -0.3 is 0 Å². The summed E-state index contributed by atoms with van der Waals surface area (Å²) in [6.07, 6.45) is 0. The maximum Gasteiger partial charge on any atom is 0.0930 e. The summed E-state index contributed by atoms with van der Waals surface area (Å²) >= 11 is 0. The van der Waals surface area contributed by atoms with Crippen LogP contribution in [0, 0.1) is 6.92 Å². The van der Waals surface area contributed by atoms with Gasteiger partial charge >= 0.3 is 0 Å². The summed E-state index contributed by atoms with van der Waals surface area (Å²) in [5.74, 6) is 0. The predicted octanol–water partition coefficient (Wildman–Crippen LogP) is 14.9. The second-order valence-corrected chi connectivity index (χ2v) is 15.1. The lowest BCUT2D eigenvalue weighted by Gasteiger charge is -2.16. The molecule has 11 rings (SSSR count). The fourth-order valence-electron chi connectivity index (χ4n) is 8.77. The monoisotopic (exact) mass is 724 g/mol. The van der Waals surface area contributed by atoms with Gasteiger partial charge in [-0.05, 0) is 130 Å². The average molecular weight is 725 g/mol. The molecule has 0 aliphatic rings. The minimum Gasteiger partial charge on any atom is -0.150 e. The van der Waals surface area contributed by atoms with E-state index in [-0.39, 0.29) is 0 Å². The third kappa shape index (κ3) is 5.73. The maximum absolute atomic E-state index is 4.52. The van der Waals surface area contributed by atoms with Crippen molar-refractivity contribution in [3.63, 3.8) is 0 Å². The van der Waals surface area contributed by atoms with Gasteiger partial charge in [-0.25, -0.2) is 0 Å². The molecule has 0 fully saturated rings. The molecule has 0 saturated heterocycles. The van der Waals surface area contributed by atoms with Crippen molar-refractivity contribution in [2.24, 2.45) is 0 Å². The Morgan fingerprint density at radius 3 is 1.39 bits per heavy atom. The minimum absolute atomic E-state index is 0.864. The van der Waals surface area contributed by atoms with Crippen LogP contribution in [-0.4, -0.2) is 10.2 Å². The van der Waals surface area contributed by atoms with Gasteiger partial charge in [-0.15, -0.1) is 10.2 Å². The predicted molar refractivity (Wildman–Crippen MR) is 241 cm³/mol. The second kappa shape index (κ2) is 13.4. The molecule has 0 spiro atoms. The Labute approximate surface area is 331 Å². The lowest BCUT2D eigenvalue weighted by atomic mass is 9.88. The fraction of sp³-hybridized carbons (Fsp3) is 0.0182. The lowest BCUT2D eigenvalue weighted by molar-refractivity contribution is 1.04. The highest BCUT2D eigenvalue weighted by Crippen LogP contribution is 2.42. The topological polar surface area (TPSA) is 25.8 Å². The molecule has 0 unspecified atom stereocenters. The number of aryl methyl sites for hydroxylation is 1. The van der Waals surface area contributed by atoms with Gasteiger partial charge in [0.05, 0.1) is 11.4 Å². The van der Waals surface area contributed by atoms with Crippen molar-refractivity contribution < 1.29 is 0 Å².